The Morgan fingerprint density at radius 2 is 1.52 bits per heavy atom. The minimum atomic E-state index is 0.701. The maximum absolute atomic E-state index is 2.71. The molecule has 21 heavy (non-hydrogen) atoms. The molecule has 4 rings (SSSR count). The van der Waals surface area contributed by atoms with Crippen molar-refractivity contribution in [2.75, 3.05) is 0 Å². The number of rotatable bonds is 0. The standard InChI is InChI=1S/C20H35B/c1-13-8-10-19(2)14(12-13)4-5-15-16-6-7-18(21)20(16,3)11-9-17(15)19/h13-18H,4-12,21H2,1-3H3. The Balaban J connectivity index is 1.62. The van der Waals surface area contributed by atoms with Crippen LogP contribution in [0.1, 0.15) is 78.6 Å². The molecule has 4 aliphatic rings. The Kier molecular flexibility index (Phi) is 3.33. The summed E-state index contributed by atoms with van der Waals surface area (Å²) in [6, 6.07) is 0. The van der Waals surface area contributed by atoms with E-state index in [0.717, 1.165) is 35.4 Å². The topological polar surface area (TPSA) is 0 Å². The zero-order chi connectivity index (χ0) is 14.8. The summed E-state index contributed by atoms with van der Waals surface area (Å²) in [6.07, 6.45) is 13.9. The Hall–Kier alpha value is 0.0649. The molecule has 0 aromatic rings. The van der Waals surface area contributed by atoms with Crippen LogP contribution < -0.4 is 0 Å². The monoisotopic (exact) mass is 286 g/mol. The third-order valence-electron chi connectivity index (χ3n) is 9.40. The predicted octanol–water partition coefficient (Wildman–Crippen LogP) is 5.09. The van der Waals surface area contributed by atoms with Crippen LogP contribution in [0.3, 0.4) is 0 Å². The van der Waals surface area contributed by atoms with Crippen molar-refractivity contribution in [1.82, 2.24) is 0 Å². The van der Waals surface area contributed by atoms with Gasteiger partial charge in [-0.2, -0.15) is 0 Å². The number of hydrogen-bond acceptors (Lipinski definition) is 0. The van der Waals surface area contributed by atoms with Crippen LogP contribution in [0.15, 0.2) is 0 Å². The first-order valence-electron chi connectivity index (χ1n) is 9.95. The van der Waals surface area contributed by atoms with E-state index in [1.165, 1.54) is 25.7 Å². The predicted molar refractivity (Wildman–Crippen MR) is 93.2 cm³/mol. The molecule has 0 heterocycles. The maximum atomic E-state index is 2.71. The van der Waals surface area contributed by atoms with Gasteiger partial charge in [0.2, 0.25) is 0 Å². The zero-order valence-electron chi connectivity index (χ0n) is 14.8. The summed E-state index contributed by atoms with van der Waals surface area (Å²) in [5.74, 6) is 6.28. The van der Waals surface area contributed by atoms with Crippen molar-refractivity contribution in [3.8, 4) is 0 Å². The van der Waals surface area contributed by atoms with Gasteiger partial charge in [0.25, 0.3) is 0 Å². The second-order valence-corrected chi connectivity index (χ2v) is 10.1. The highest BCUT2D eigenvalue weighted by Gasteiger charge is 2.58. The average Bonchev–Trinajstić information content (AvgIpc) is 2.76. The van der Waals surface area contributed by atoms with E-state index >= 15 is 0 Å². The molecule has 0 amide bonds. The van der Waals surface area contributed by atoms with Crippen LogP contribution in [0.2, 0.25) is 5.82 Å². The Morgan fingerprint density at radius 3 is 2.33 bits per heavy atom. The van der Waals surface area contributed by atoms with E-state index in [9.17, 15) is 0 Å². The molecule has 0 bridgehead atoms. The zero-order valence-corrected chi connectivity index (χ0v) is 14.8. The minimum absolute atomic E-state index is 0.701. The normalized spacial score (nSPS) is 60.0. The highest BCUT2D eigenvalue weighted by molar-refractivity contribution is 6.12. The molecule has 118 valence electrons. The van der Waals surface area contributed by atoms with Crippen molar-refractivity contribution >= 4 is 7.85 Å². The second kappa shape index (κ2) is 4.78. The molecule has 0 nitrogen and oxygen atoms in total. The van der Waals surface area contributed by atoms with Crippen LogP contribution in [0.25, 0.3) is 0 Å². The third kappa shape index (κ3) is 1.94. The fourth-order valence-corrected chi connectivity index (χ4v) is 7.74. The van der Waals surface area contributed by atoms with E-state index in [1.54, 1.807) is 32.1 Å². The lowest BCUT2D eigenvalue weighted by Gasteiger charge is -2.61. The first-order valence-corrected chi connectivity index (χ1v) is 9.95. The van der Waals surface area contributed by atoms with Gasteiger partial charge in [-0.3, -0.25) is 0 Å². The molecule has 0 aromatic heterocycles. The van der Waals surface area contributed by atoms with Gasteiger partial charge in [0.1, 0.15) is 7.85 Å². The van der Waals surface area contributed by atoms with E-state index in [1.807, 2.05) is 0 Å². The second-order valence-electron chi connectivity index (χ2n) is 10.1. The molecular weight excluding hydrogens is 251 g/mol. The lowest BCUT2D eigenvalue weighted by Crippen LogP contribution is -2.52. The van der Waals surface area contributed by atoms with Crippen molar-refractivity contribution in [3.63, 3.8) is 0 Å². The van der Waals surface area contributed by atoms with Crippen molar-refractivity contribution in [2.24, 2.45) is 40.4 Å². The van der Waals surface area contributed by atoms with Crippen LogP contribution in [-0.4, -0.2) is 7.85 Å². The van der Waals surface area contributed by atoms with Crippen LogP contribution in [0.5, 0.6) is 0 Å². The quantitative estimate of drug-likeness (QED) is 0.544. The summed E-state index contributed by atoms with van der Waals surface area (Å²) in [7, 11) is 2.55. The Labute approximate surface area is 133 Å². The lowest BCUT2D eigenvalue weighted by atomic mass is 9.43. The van der Waals surface area contributed by atoms with Gasteiger partial charge in [0.15, 0.2) is 0 Å². The van der Waals surface area contributed by atoms with Crippen molar-refractivity contribution < 1.29 is 0 Å². The summed E-state index contributed by atoms with van der Waals surface area (Å²) in [5, 5.41) is 0. The molecule has 0 radical (unpaired) electrons. The highest BCUT2D eigenvalue weighted by atomic mass is 14.6. The average molecular weight is 286 g/mol. The van der Waals surface area contributed by atoms with Crippen molar-refractivity contribution in [1.29, 1.82) is 0 Å². The van der Waals surface area contributed by atoms with E-state index in [-0.39, 0.29) is 0 Å². The molecule has 8 atom stereocenters. The van der Waals surface area contributed by atoms with Gasteiger partial charge in [-0.05, 0) is 78.9 Å². The van der Waals surface area contributed by atoms with Crippen LogP contribution in [0, 0.1) is 40.4 Å². The summed E-state index contributed by atoms with van der Waals surface area (Å²) in [4.78, 5) is 0. The number of hydrogen-bond donors (Lipinski definition) is 0. The molecule has 0 aromatic carbocycles. The van der Waals surface area contributed by atoms with Gasteiger partial charge < -0.3 is 0 Å². The molecule has 4 fully saturated rings. The fourth-order valence-electron chi connectivity index (χ4n) is 7.74. The summed E-state index contributed by atoms with van der Waals surface area (Å²) in [5.41, 5.74) is 1.41. The summed E-state index contributed by atoms with van der Waals surface area (Å²) in [6.45, 7) is 7.87. The molecular formula is C20H35B. The van der Waals surface area contributed by atoms with Gasteiger partial charge >= 0.3 is 0 Å². The van der Waals surface area contributed by atoms with Gasteiger partial charge in [-0.1, -0.05) is 45.9 Å². The Morgan fingerprint density at radius 1 is 0.810 bits per heavy atom. The van der Waals surface area contributed by atoms with E-state index < -0.39 is 0 Å². The van der Waals surface area contributed by atoms with Crippen LogP contribution in [0.4, 0.5) is 0 Å². The van der Waals surface area contributed by atoms with E-state index in [0.29, 0.717) is 10.8 Å². The first kappa shape index (κ1) is 14.6. The molecule has 8 unspecified atom stereocenters. The molecule has 4 saturated carbocycles. The van der Waals surface area contributed by atoms with Crippen LogP contribution in [-0.2, 0) is 0 Å². The summed E-state index contributed by atoms with van der Waals surface area (Å²) < 4.78 is 0. The smallest absolute Gasteiger partial charge is 0.0641 e. The van der Waals surface area contributed by atoms with Gasteiger partial charge in [0, 0.05) is 0 Å². The molecule has 0 aliphatic heterocycles. The third-order valence-corrected chi connectivity index (χ3v) is 9.40. The minimum Gasteiger partial charge on any atom is -0.0641 e. The van der Waals surface area contributed by atoms with Crippen LogP contribution >= 0.6 is 0 Å². The SMILES string of the molecule is BC1CCC2C3CCC4CC(C)CCC4(C)C3CCC12C. The molecule has 0 saturated heterocycles. The molecule has 0 N–H and O–H groups in total. The Bertz CT molecular complexity index is 418. The van der Waals surface area contributed by atoms with E-state index in [2.05, 4.69) is 28.6 Å². The fraction of sp³-hybridized carbons (Fsp3) is 1.00. The maximum Gasteiger partial charge on any atom is 0.106 e. The van der Waals surface area contributed by atoms with Crippen molar-refractivity contribution in [2.45, 2.75) is 84.4 Å². The molecule has 0 spiro atoms. The molecule has 4 aliphatic carbocycles. The molecule has 1 heteroatoms. The van der Waals surface area contributed by atoms with Gasteiger partial charge in [-0.25, -0.2) is 0 Å². The summed E-state index contributed by atoms with van der Waals surface area (Å²) >= 11 is 0. The van der Waals surface area contributed by atoms with E-state index in [4.69, 9.17) is 0 Å². The largest absolute Gasteiger partial charge is 0.106 e. The van der Waals surface area contributed by atoms with Gasteiger partial charge in [-0.15, -0.1) is 0 Å². The highest BCUT2D eigenvalue weighted by Crippen LogP contribution is 2.68. The van der Waals surface area contributed by atoms with Crippen molar-refractivity contribution in [3.05, 3.63) is 0 Å². The lowest BCUT2D eigenvalue weighted by molar-refractivity contribution is -0.109. The van der Waals surface area contributed by atoms with Gasteiger partial charge in [0.05, 0.1) is 0 Å². The first-order chi connectivity index (χ1) is 9.95. The number of fused-ring (bicyclic) bond motifs is 5.